The van der Waals surface area contributed by atoms with Crippen LogP contribution in [0.4, 0.5) is 4.79 Å². The van der Waals surface area contributed by atoms with Crippen LogP contribution < -0.4 is 5.32 Å². The highest BCUT2D eigenvalue weighted by Crippen LogP contribution is 2.15. The van der Waals surface area contributed by atoms with E-state index in [1.54, 1.807) is 30.3 Å². The molecule has 1 aliphatic heterocycles. The highest BCUT2D eigenvalue weighted by atomic mass is 32.1. The van der Waals surface area contributed by atoms with Crippen molar-refractivity contribution < 1.29 is 9.59 Å². The van der Waals surface area contributed by atoms with Crippen molar-refractivity contribution in [1.29, 1.82) is 0 Å². The number of nitrogens with zero attached hydrogens (tertiary/aromatic N) is 4. The fraction of sp³-hybridized carbons (Fsp3) is 0.500. The Bertz CT molecular complexity index is 754. The van der Waals surface area contributed by atoms with Gasteiger partial charge >= 0.3 is 6.03 Å². The average Bonchev–Trinajstić information content (AvgIpc) is 3.23. The van der Waals surface area contributed by atoms with Gasteiger partial charge in [0.1, 0.15) is 0 Å². The van der Waals surface area contributed by atoms with Crippen LogP contribution in [-0.2, 0) is 30.8 Å². The number of urea groups is 1. The summed E-state index contributed by atoms with van der Waals surface area (Å²) >= 11 is 1.67. The minimum Gasteiger partial charge on any atom is -0.350 e. The average molecular weight is 375 g/mol. The number of hydrogen-bond donors (Lipinski definition) is 1. The molecule has 7 nitrogen and oxygen atoms in total. The largest absolute Gasteiger partial charge is 0.350 e. The molecule has 8 heteroatoms. The van der Waals surface area contributed by atoms with Crippen LogP contribution >= 0.6 is 11.3 Å². The number of aryl methyl sites for hydroxylation is 2. The van der Waals surface area contributed by atoms with Gasteiger partial charge in [-0.05, 0) is 30.4 Å². The zero-order valence-corrected chi connectivity index (χ0v) is 16.1. The zero-order valence-electron chi connectivity index (χ0n) is 15.3. The van der Waals surface area contributed by atoms with Gasteiger partial charge in [-0.1, -0.05) is 6.07 Å². The van der Waals surface area contributed by atoms with Crippen molar-refractivity contribution in [3.63, 3.8) is 0 Å². The van der Waals surface area contributed by atoms with Gasteiger partial charge in [-0.25, -0.2) is 4.79 Å². The van der Waals surface area contributed by atoms with E-state index >= 15 is 0 Å². The summed E-state index contributed by atoms with van der Waals surface area (Å²) in [6.07, 6.45) is 2.13. The molecule has 0 atom stereocenters. The molecule has 3 heterocycles. The Morgan fingerprint density at radius 1 is 1.35 bits per heavy atom. The summed E-state index contributed by atoms with van der Waals surface area (Å²) in [6, 6.07) is 6.05. The summed E-state index contributed by atoms with van der Waals surface area (Å²) in [7, 11) is 3.53. The van der Waals surface area contributed by atoms with E-state index < -0.39 is 0 Å². The predicted octanol–water partition coefficient (Wildman–Crippen LogP) is 2.08. The second kappa shape index (κ2) is 8.35. The Labute approximate surface area is 157 Å². The highest BCUT2D eigenvalue weighted by molar-refractivity contribution is 7.09. The first-order chi connectivity index (χ1) is 12.5. The minimum atomic E-state index is 0.0167. The van der Waals surface area contributed by atoms with E-state index in [0.29, 0.717) is 19.5 Å². The standard InChI is InChI=1S/C18H25N5O2S/c1-21(2)18(25)22-8-4-9-23-15(13-22)11-14(20-23)12-19-17(24)7-6-16-5-3-10-26-16/h3,5,10-11H,4,6-9,12-13H2,1-2H3,(H,19,24). The number of hydrogen-bond acceptors (Lipinski definition) is 4. The number of nitrogens with one attached hydrogen (secondary N) is 1. The minimum absolute atomic E-state index is 0.0167. The van der Waals surface area contributed by atoms with Gasteiger partial charge in [0.05, 0.1) is 24.5 Å². The molecule has 0 saturated heterocycles. The van der Waals surface area contributed by atoms with Crippen molar-refractivity contribution in [3.8, 4) is 0 Å². The van der Waals surface area contributed by atoms with Crippen LogP contribution in [-0.4, -0.2) is 52.2 Å². The van der Waals surface area contributed by atoms with E-state index in [-0.39, 0.29) is 11.9 Å². The lowest BCUT2D eigenvalue weighted by Crippen LogP contribution is -2.38. The van der Waals surface area contributed by atoms with E-state index in [2.05, 4.69) is 10.4 Å². The SMILES string of the molecule is CN(C)C(=O)N1CCCn2nc(CNC(=O)CCc3cccs3)cc2C1. The summed E-state index contributed by atoms with van der Waals surface area (Å²) in [5, 5.41) is 9.55. The van der Waals surface area contributed by atoms with Gasteiger partial charge in [-0.3, -0.25) is 9.48 Å². The van der Waals surface area contributed by atoms with Crippen LogP contribution in [0.5, 0.6) is 0 Å². The van der Waals surface area contributed by atoms with E-state index in [9.17, 15) is 9.59 Å². The van der Waals surface area contributed by atoms with Crippen LogP contribution in [0, 0.1) is 0 Å². The van der Waals surface area contributed by atoms with Gasteiger partial charge in [-0.2, -0.15) is 5.10 Å². The number of aromatic nitrogens is 2. The summed E-state index contributed by atoms with van der Waals surface area (Å²) in [4.78, 5) is 28.9. The molecule has 3 amide bonds. The number of carbonyl (C=O) groups excluding carboxylic acids is 2. The number of carbonyl (C=O) groups is 2. The Morgan fingerprint density at radius 3 is 2.92 bits per heavy atom. The molecule has 2 aromatic heterocycles. The van der Waals surface area contributed by atoms with E-state index in [0.717, 1.165) is 37.3 Å². The Hall–Kier alpha value is -2.35. The molecule has 1 aliphatic rings. The van der Waals surface area contributed by atoms with Gasteiger partial charge in [0.2, 0.25) is 5.91 Å². The van der Waals surface area contributed by atoms with Crippen molar-refractivity contribution in [2.75, 3.05) is 20.6 Å². The molecule has 2 aromatic rings. The maximum atomic E-state index is 12.2. The summed E-state index contributed by atoms with van der Waals surface area (Å²) < 4.78 is 1.95. The van der Waals surface area contributed by atoms with Gasteiger partial charge in [-0.15, -0.1) is 11.3 Å². The number of thiophene rings is 1. The third-order valence-electron chi connectivity index (χ3n) is 4.36. The van der Waals surface area contributed by atoms with Crippen LogP contribution in [0.25, 0.3) is 0 Å². The lowest BCUT2D eigenvalue weighted by Gasteiger charge is -2.23. The molecule has 0 radical (unpaired) electrons. The van der Waals surface area contributed by atoms with Crippen molar-refractivity contribution in [1.82, 2.24) is 24.9 Å². The second-order valence-electron chi connectivity index (χ2n) is 6.66. The smallest absolute Gasteiger partial charge is 0.319 e. The van der Waals surface area contributed by atoms with E-state index in [1.165, 1.54) is 4.88 Å². The van der Waals surface area contributed by atoms with E-state index in [1.807, 2.05) is 33.2 Å². The molecule has 0 bridgehead atoms. The van der Waals surface area contributed by atoms with Gasteiger partial charge in [0, 0.05) is 38.5 Å². The molecule has 26 heavy (non-hydrogen) atoms. The fourth-order valence-corrected chi connectivity index (χ4v) is 3.73. The monoisotopic (exact) mass is 375 g/mol. The normalized spacial score (nSPS) is 13.8. The third kappa shape index (κ3) is 4.63. The van der Waals surface area contributed by atoms with Gasteiger partial charge in [0.25, 0.3) is 0 Å². The summed E-state index contributed by atoms with van der Waals surface area (Å²) in [5.41, 5.74) is 1.85. The molecule has 0 aliphatic carbocycles. The first-order valence-electron chi connectivity index (χ1n) is 8.84. The van der Waals surface area contributed by atoms with Gasteiger partial charge in [0.15, 0.2) is 0 Å². The fourth-order valence-electron chi connectivity index (χ4n) is 3.02. The molecule has 3 rings (SSSR count). The van der Waals surface area contributed by atoms with Crippen molar-refractivity contribution in [2.24, 2.45) is 0 Å². The topological polar surface area (TPSA) is 70.5 Å². The molecule has 0 saturated carbocycles. The molecule has 1 N–H and O–H groups in total. The van der Waals surface area contributed by atoms with Crippen LogP contribution in [0.3, 0.4) is 0 Å². The summed E-state index contributed by atoms with van der Waals surface area (Å²) in [5.74, 6) is 0.0333. The van der Waals surface area contributed by atoms with Crippen LogP contribution in [0.15, 0.2) is 23.6 Å². The number of rotatable bonds is 5. The first kappa shape index (κ1) is 18.4. The Kier molecular flexibility index (Phi) is 5.92. The van der Waals surface area contributed by atoms with Crippen LogP contribution in [0.2, 0.25) is 0 Å². The maximum Gasteiger partial charge on any atom is 0.319 e. The lowest BCUT2D eigenvalue weighted by molar-refractivity contribution is -0.121. The van der Waals surface area contributed by atoms with Crippen molar-refractivity contribution in [2.45, 2.75) is 38.9 Å². The predicted molar refractivity (Wildman–Crippen MR) is 101 cm³/mol. The molecule has 0 aromatic carbocycles. The van der Waals surface area contributed by atoms with Crippen molar-refractivity contribution >= 4 is 23.3 Å². The molecule has 0 fully saturated rings. The quantitative estimate of drug-likeness (QED) is 0.870. The second-order valence-corrected chi connectivity index (χ2v) is 7.69. The maximum absolute atomic E-state index is 12.2. The Morgan fingerprint density at radius 2 is 2.19 bits per heavy atom. The zero-order chi connectivity index (χ0) is 18.5. The molecule has 140 valence electrons. The first-order valence-corrected chi connectivity index (χ1v) is 9.72. The highest BCUT2D eigenvalue weighted by Gasteiger charge is 2.21. The van der Waals surface area contributed by atoms with Gasteiger partial charge < -0.3 is 15.1 Å². The van der Waals surface area contributed by atoms with E-state index in [4.69, 9.17) is 0 Å². The molecule has 0 spiro atoms. The third-order valence-corrected chi connectivity index (χ3v) is 5.30. The van der Waals surface area contributed by atoms with Crippen molar-refractivity contribution in [3.05, 3.63) is 39.8 Å². The lowest BCUT2D eigenvalue weighted by atomic mass is 10.2. The Balaban J connectivity index is 1.53. The molecule has 0 unspecified atom stereocenters. The summed E-state index contributed by atoms with van der Waals surface area (Å²) in [6.45, 7) is 2.50. The molecular formula is C18H25N5O2S. The van der Waals surface area contributed by atoms with Crippen LogP contribution in [0.1, 0.15) is 29.1 Å². The number of fused-ring (bicyclic) bond motifs is 1. The number of amides is 3. The molecular weight excluding hydrogens is 350 g/mol.